The average molecular weight is 1480 g/mol. The first-order chi connectivity index (χ1) is 49.1. The van der Waals surface area contributed by atoms with Crippen LogP contribution in [-0.4, -0.2) is 188 Å². The number of ether oxygens (including phenoxy) is 9. The molecule has 588 valence electrons. The number of para-hydroxylation sites is 4. The van der Waals surface area contributed by atoms with Crippen LogP contribution in [0.2, 0.25) is 0 Å². The number of aliphatic hydroxyl groups excluding tert-OH is 2. The Bertz CT molecular complexity index is 3390. The molecule has 3 unspecified atom stereocenters. The third kappa shape index (κ3) is 28.5. The van der Waals surface area contributed by atoms with Crippen molar-refractivity contribution in [2.75, 3.05) is 68.0 Å². The summed E-state index contributed by atoms with van der Waals surface area (Å²) in [6.45, 7) is 25.4. The zero-order chi connectivity index (χ0) is 76.5. The lowest BCUT2D eigenvalue weighted by Crippen LogP contribution is -2.47. The number of carboxylic acids is 2. The number of nitrogens with one attached hydrogen (secondary N) is 4. The minimum atomic E-state index is -0.978. The molecule has 0 spiro atoms. The highest BCUT2D eigenvalue weighted by molar-refractivity contribution is 5.76. The molecular weight excluding hydrogens is 1360 g/mol. The first kappa shape index (κ1) is 90.8. The van der Waals surface area contributed by atoms with Gasteiger partial charge in [-0.25, -0.2) is 0 Å². The number of aliphatic carboxylic acids is 2. The van der Waals surface area contributed by atoms with Crippen LogP contribution < -0.4 is 53.2 Å². The molecule has 0 aromatic heterocycles. The van der Waals surface area contributed by atoms with Crippen LogP contribution in [-0.2, 0) is 71.9 Å². The van der Waals surface area contributed by atoms with Gasteiger partial charge in [-0.1, -0.05) is 173 Å². The molecule has 0 amide bonds. The number of hydrogen-bond donors (Lipinski definition) is 10. The first-order valence-electron chi connectivity index (χ1n) is 35.1. The van der Waals surface area contributed by atoms with Crippen molar-refractivity contribution in [2.45, 2.75) is 193 Å². The summed E-state index contributed by atoms with van der Waals surface area (Å²) < 4.78 is 51.5. The van der Waals surface area contributed by atoms with Gasteiger partial charge in [-0.2, -0.15) is 0 Å². The molecule has 106 heavy (non-hydrogen) atoms. The Morgan fingerprint density at radius 1 is 0.538 bits per heavy atom. The van der Waals surface area contributed by atoms with Gasteiger partial charge in [-0.3, -0.25) is 34.4 Å². The summed E-state index contributed by atoms with van der Waals surface area (Å²) in [6.07, 6.45) is -3.51. The Hall–Kier alpha value is -7.63. The van der Waals surface area contributed by atoms with E-state index in [0.29, 0.717) is 32.8 Å². The smallest absolute Gasteiger partial charge is 0.320 e. The normalized spacial score (nSPS) is 23.3. The largest absolute Gasteiger partial charge is 0.480 e. The van der Waals surface area contributed by atoms with Gasteiger partial charge in [-0.15, -0.1) is 11.1 Å². The lowest BCUT2D eigenvalue weighted by atomic mass is 10.0. The van der Waals surface area contributed by atoms with Gasteiger partial charge >= 0.3 is 11.9 Å². The molecule has 11 atom stereocenters. The number of nitrogens with zero attached hydrogens (tertiary/aromatic N) is 4. The van der Waals surface area contributed by atoms with E-state index in [1.807, 2.05) is 239 Å². The molecule has 13 rings (SSSR count). The molecule has 7 aliphatic rings. The molecule has 6 aromatic rings. The molecule has 0 bridgehead atoms. The number of carboxylic acid groups (broad SMARTS) is 2. The molecule has 0 aliphatic carbocycles. The lowest BCUT2D eigenvalue weighted by molar-refractivity contribution is -0.236. The van der Waals surface area contributed by atoms with E-state index in [4.69, 9.17) is 64.3 Å². The van der Waals surface area contributed by atoms with E-state index >= 15 is 0 Å². The molecule has 28 heteroatoms. The van der Waals surface area contributed by atoms with E-state index in [1.165, 1.54) is 33.9 Å². The fourth-order valence-corrected chi connectivity index (χ4v) is 11.7. The highest BCUT2D eigenvalue weighted by atomic mass is 16.8. The number of nitrogens with two attached hydrogens (primary N) is 2. The van der Waals surface area contributed by atoms with Gasteiger partial charge in [0.1, 0.15) is 67.2 Å². The van der Waals surface area contributed by atoms with Crippen molar-refractivity contribution < 1.29 is 88.4 Å². The van der Waals surface area contributed by atoms with E-state index in [-0.39, 0.29) is 47.2 Å². The summed E-state index contributed by atoms with van der Waals surface area (Å²) in [5, 5.41) is 52.2. The fraction of sp³-hybridized carbons (Fsp3) is 0.500. The number of carbonyl (C=O) groups is 3. The Morgan fingerprint density at radius 2 is 0.953 bits per heavy atom. The van der Waals surface area contributed by atoms with Gasteiger partial charge < -0.3 is 96.1 Å². The monoisotopic (exact) mass is 1480 g/mol. The first-order valence-corrected chi connectivity index (χ1v) is 35.1. The van der Waals surface area contributed by atoms with Gasteiger partial charge in [0.05, 0.1) is 36.0 Å². The van der Waals surface area contributed by atoms with Crippen molar-refractivity contribution in [2.24, 2.45) is 23.3 Å². The molecule has 0 saturated carbocycles. The van der Waals surface area contributed by atoms with Gasteiger partial charge in [0.2, 0.25) is 0 Å². The topological polar surface area (TPSA) is 391 Å². The van der Waals surface area contributed by atoms with Crippen LogP contribution in [0.5, 0.6) is 0 Å². The third-order valence-corrected chi connectivity index (χ3v) is 17.1. The predicted molar refractivity (Wildman–Crippen MR) is 409 cm³/mol. The second-order valence-corrected chi connectivity index (χ2v) is 28.2. The Labute approximate surface area is 624 Å². The summed E-state index contributed by atoms with van der Waals surface area (Å²) >= 11 is 0. The molecule has 0 radical (unpaired) electrons. The summed E-state index contributed by atoms with van der Waals surface area (Å²) in [7, 11) is 8.01. The Morgan fingerprint density at radius 3 is 1.32 bits per heavy atom. The van der Waals surface area contributed by atoms with E-state index in [9.17, 15) is 24.6 Å². The average Bonchev–Trinajstić information content (AvgIpc) is 1.61. The maximum atomic E-state index is 10.9. The zero-order valence-corrected chi connectivity index (χ0v) is 64.1. The summed E-state index contributed by atoms with van der Waals surface area (Å²) in [6, 6.07) is 54.4. The van der Waals surface area contributed by atoms with Crippen LogP contribution in [0.15, 0.2) is 170 Å². The Balaban J connectivity index is 0.000000264. The number of aldehydes is 1. The maximum absolute atomic E-state index is 10.9. The lowest BCUT2D eigenvalue weighted by Gasteiger charge is -2.27. The van der Waals surface area contributed by atoms with Crippen LogP contribution >= 0.6 is 0 Å². The van der Waals surface area contributed by atoms with Crippen molar-refractivity contribution in [3.05, 3.63) is 192 Å². The van der Waals surface area contributed by atoms with Crippen LogP contribution in [0.4, 0.5) is 22.7 Å². The fourth-order valence-electron chi connectivity index (χ4n) is 11.7. The molecule has 16 N–H and O–H groups in total. The Kier molecular flexibility index (Phi) is 36.6. The van der Waals surface area contributed by atoms with Crippen LogP contribution in [0.25, 0.3) is 0 Å². The van der Waals surface area contributed by atoms with Gasteiger partial charge in [-0.05, 0) is 108 Å². The standard InChI is InChI=1S/C19H29NO5.C12H17NO2.C12H20O6.2C8H11N3.C7H9N.C7H6O.C5H11NO2.2H2O/c1-18(2)22-12-15(24-18)16(21)17-14(23-19(3,4)25-17)11-20-10-13-8-6-5-7-9-13;1-9(2)11(12(14)15)13-8-10-6-4-3-5-7-10;1-11(2)14-5-6(16-11)7-8-9(10(13)15-7)18-12(3,4)17-8;2*1-10-7-5-3-4-6-8(7)11(2)9-10;2*8-6-7-4-2-1-3-5-7;1-3(2)4(6)5(7)8;;/h5-9,14-17,20-21H,10-12H2,1-4H3;3-7,9,11,13H,8H2,1-2H3,(H,14,15);6-10,13H,5H2,1-4H3;2*3-6,9H,1-2H3;1-5H,6,8H2;1-6H;3-4H,6H2,1-2H3,(H,7,8);2*1H2/t14-,15?,16+,17-;11-;6?,7-,8-,9-,10?;;;;;4-;;/m001....0../s1. The minimum absolute atomic E-state index is 0. The highest BCUT2D eigenvalue weighted by Gasteiger charge is 2.59. The number of aliphatic hydroxyl groups is 2. The number of fused-ring (bicyclic) bond motifs is 3. The van der Waals surface area contributed by atoms with Gasteiger partial charge in [0.25, 0.3) is 0 Å². The second-order valence-electron chi connectivity index (χ2n) is 28.2. The predicted octanol–water partition coefficient (Wildman–Crippen LogP) is 7.10. The summed E-state index contributed by atoms with van der Waals surface area (Å²) in [5.74, 6) is -4.35. The van der Waals surface area contributed by atoms with Crippen molar-refractivity contribution >= 4 is 41.0 Å². The number of rotatable bonds is 16. The second kappa shape index (κ2) is 42.8. The van der Waals surface area contributed by atoms with E-state index in [2.05, 4.69) is 58.1 Å². The number of hydrogen-bond acceptors (Lipinski definition) is 24. The number of hydrazine groups is 4. The highest BCUT2D eigenvalue weighted by Crippen LogP contribution is 2.42. The van der Waals surface area contributed by atoms with Crippen molar-refractivity contribution in [3.8, 4) is 0 Å². The number of anilines is 4. The summed E-state index contributed by atoms with van der Waals surface area (Å²) in [5.41, 5.74) is 25.9. The van der Waals surface area contributed by atoms with Crippen molar-refractivity contribution in [1.29, 1.82) is 0 Å². The van der Waals surface area contributed by atoms with Gasteiger partial charge in [0.15, 0.2) is 29.4 Å². The molecular formula is C78H118N10O18. The zero-order valence-electron chi connectivity index (χ0n) is 64.1. The third-order valence-electron chi connectivity index (χ3n) is 17.1. The van der Waals surface area contributed by atoms with E-state index < -0.39 is 77.9 Å². The van der Waals surface area contributed by atoms with Gasteiger partial charge in [0, 0.05) is 59.9 Å². The molecule has 5 saturated heterocycles. The van der Waals surface area contributed by atoms with Crippen LogP contribution in [0.1, 0.15) is 110 Å². The molecule has 7 aliphatic heterocycles. The van der Waals surface area contributed by atoms with Crippen molar-refractivity contribution in [1.82, 2.24) is 21.7 Å². The molecule has 7 heterocycles. The van der Waals surface area contributed by atoms with E-state index in [1.54, 1.807) is 26.0 Å². The minimum Gasteiger partial charge on any atom is -0.480 e. The van der Waals surface area contributed by atoms with Crippen LogP contribution in [0, 0.1) is 11.8 Å². The van der Waals surface area contributed by atoms with Crippen LogP contribution in [0.3, 0.4) is 0 Å². The van der Waals surface area contributed by atoms with Crippen molar-refractivity contribution in [3.63, 3.8) is 0 Å². The quantitative estimate of drug-likeness (QED) is 0.0432. The molecule has 5 fully saturated rings. The molecule has 6 aromatic carbocycles. The summed E-state index contributed by atoms with van der Waals surface area (Å²) in [4.78, 5) is 30.9. The SMILES string of the molecule is CC(C)[C@H](N)C(=O)O.CC(C)[C@H](NCc1ccccc1)C(=O)O.CC1(C)OCC([C@@H](O)[C@H]2OC(C)(C)O[C@H]2CNCc2ccccc2)O1.CC1(C)OCC([C@H]2OC(O)[C@@H]3OC(C)(C)O[C@H]23)O1.CN1NN(C)c2ccccc21.CN1NN(C)c2ccccc21.NCc1ccccc1.O.O.O=Cc1ccccc1. The number of carbonyl (C=O) groups excluding carboxylic acids is 1. The van der Waals surface area contributed by atoms with E-state index in [0.717, 1.165) is 24.0 Å². The number of benzene rings is 6. The molecule has 28 nitrogen and oxygen atoms in total. The maximum Gasteiger partial charge on any atom is 0.320 e.